The van der Waals surface area contributed by atoms with E-state index in [0.29, 0.717) is 5.56 Å². The van der Waals surface area contributed by atoms with Crippen LogP contribution >= 0.6 is 35.0 Å². The Morgan fingerprint density at radius 3 is 2.29 bits per heavy atom. The van der Waals surface area contributed by atoms with Gasteiger partial charge in [-0.25, -0.2) is 13.2 Å². The van der Waals surface area contributed by atoms with Crippen LogP contribution < -0.4 is 4.72 Å². The van der Waals surface area contributed by atoms with Crippen LogP contribution in [-0.4, -0.2) is 49.0 Å². The molecule has 2 aromatic rings. The third kappa shape index (κ3) is 8.10. The van der Waals surface area contributed by atoms with Crippen LogP contribution in [0.2, 0.25) is 10.0 Å². The Balaban J connectivity index is 2.16. The van der Waals surface area contributed by atoms with Crippen molar-refractivity contribution < 1.29 is 37.4 Å². The van der Waals surface area contributed by atoms with Crippen LogP contribution in [0.5, 0.6) is 0 Å². The van der Waals surface area contributed by atoms with Gasteiger partial charge in [0.2, 0.25) is 10.0 Å². The topological polar surface area (TPSA) is 144 Å². The number of carbonyl (C=O) groups is 4. The number of benzene rings is 2. The summed E-state index contributed by atoms with van der Waals surface area (Å²) < 4.78 is 32.5. The second kappa shape index (κ2) is 12.3. The van der Waals surface area contributed by atoms with Crippen molar-refractivity contribution in [3.8, 4) is 0 Å². The number of hydrogen-bond donors (Lipinski definition) is 2. The van der Waals surface area contributed by atoms with Crippen molar-refractivity contribution in [2.75, 3.05) is 6.61 Å². The summed E-state index contributed by atoms with van der Waals surface area (Å²) in [6.07, 6.45) is -0.887. The Morgan fingerprint density at radius 2 is 1.71 bits per heavy atom. The van der Waals surface area contributed by atoms with Crippen LogP contribution in [0.3, 0.4) is 0 Å². The maximum absolute atomic E-state index is 12.8. The number of esters is 1. The molecule has 0 spiro atoms. The molecule has 2 aromatic carbocycles. The van der Waals surface area contributed by atoms with E-state index in [2.05, 4.69) is 0 Å². The first-order chi connectivity index (χ1) is 15.9. The van der Waals surface area contributed by atoms with Crippen molar-refractivity contribution in [2.24, 2.45) is 0 Å². The Hall–Kier alpha value is -2.44. The molecule has 0 bridgehead atoms. The van der Waals surface area contributed by atoms with Gasteiger partial charge in [-0.15, -0.1) is 0 Å². The predicted octanol–water partition coefficient (Wildman–Crippen LogP) is 3.32. The van der Waals surface area contributed by atoms with E-state index < -0.39 is 46.8 Å². The number of sulfonamides is 1. The van der Waals surface area contributed by atoms with E-state index >= 15 is 0 Å². The van der Waals surface area contributed by atoms with Crippen molar-refractivity contribution in [3.63, 3.8) is 0 Å². The summed E-state index contributed by atoms with van der Waals surface area (Å²) in [5, 5.41) is 8.95. The number of thioether (sulfide) groups is 1. The molecule has 0 radical (unpaired) electrons. The average molecular weight is 548 g/mol. The lowest BCUT2D eigenvalue weighted by atomic mass is 10.1. The summed E-state index contributed by atoms with van der Waals surface area (Å²) in [7, 11) is -4.33. The van der Waals surface area contributed by atoms with E-state index in [-0.39, 0.29) is 31.4 Å². The second-order valence-corrected chi connectivity index (χ2v) is 10.5. The predicted molar refractivity (Wildman–Crippen MR) is 127 cm³/mol. The lowest BCUT2D eigenvalue weighted by molar-refractivity contribution is -0.139. The fourth-order valence-electron chi connectivity index (χ4n) is 2.64. The van der Waals surface area contributed by atoms with E-state index in [0.717, 1.165) is 11.8 Å². The normalized spacial score (nSPS) is 12.1. The molecule has 0 amide bonds. The van der Waals surface area contributed by atoms with Gasteiger partial charge in [0.1, 0.15) is 0 Å². The Labute approximate surface area is 209 Å². The molecule has 0 saturated carbocycles. The fraction of sp³-hybridized carbons (Fsp3) is 0.238. The molecule has 0 aliphatic heterocycles. The number of carbonyl (C=O) groups excluding carboxylic acids is 3. The van der Waals surface area contributed by atoms with Crippen LogP contribution in [0.1, 0.15) is 29.3 Å². The first kappa shape index (κ1) is 27.8. The van der Waals surface area contributed by atoms with Gasteiger partial charge in [-0.2, -0.15) is 4.72 Å². The SMILES string of the molecule is CC(=O)SCc1cccc(S(=O)(=O)N[C@@H](CC(=O)O)C(=O)COC(=O)c2c(Cl)cccc2Cl)c1. The van der Waals surface area contributed by atoms with Gasteiger partial charge in [0.15, 0.2) is 17.5 Å². The Bertz CT molecular complexity index is 1200. The van der Waals surface area contributed by atoms with Crippen LogP contribution in [0.25, 0.3) is 0 Å². The molecule has 34 heavy (non-hydrogen) atoms. The van der Waals surface area contributed by atoms with Gasteiger partial charge >= 0.3 is 11.9 Å². The molecular weight excluding hydrogens is 529 g/mol. The highest BCUT2D eigenvalue weighted by Crippen LogP contribution is 2.25. The number of carboxylic acid groups (broad SMARTS) is 1. The molecule has 0 fully saturated rings. The van der Waals surface area contributed by atoms with Gasteiger partial charge < -0.3 is 9.84 Å². The number of Topliss-reactive ketones (excluding diaryl/α,β-unsaturated/α-hetero) is 1. The molecule has 2 N–H and O–H groups in total. The second-order valence-electron chi connectivity index (χ2n) is 6.84. The van der Waals surface area contributed by atoms with Crippen LogP contribution in [-0.2, 0) is 34.9 Å². The first-order valence-electron chi connectivity index (χ1n) is 9.51. The quantitative estimate of drug-likeness (QED) is 0.404. The molecule has 0 unspecified atom stereocenters. The monoisotopic (exact) mass is 547 g/mol. The molecule has 9 nitrogen and oxygen atoms in total. The molecule has 0 saturated heterocycles. The number of hydrogen-bond acceptors (Lipinski definition) is 8. The molecule has 1 atom stereocenters. The Morgan fingerprint density at radius 1 is 1.09 bits per heavy atom. The summed E-state index contributed by atoms with van der Waals surface area (Å²) in [5.41, 5.74) is 0.351. The number of rotatable bonds is 11. The minimum Gasteiger partial charge on any atom is -0.481 e. The maximum atomic E-state index is 12.8. The van der Waals surface area contributed by atoms with E-state index in [9.17, 15) is 27.6 Å². The van der Waals surface area contributed by atoms with Crippen LogP contribution in [0, 0.1) is 0 Å². The molecule has 0 aliphatic rings. The van der Waals surface area contributed by atoms with Crippen molar-refractivity contribution in [1.82, 2.24) is 4.72 Å². The summed E-state index contributed by atoms with van der Waals surface area (Å²) in [4.78, 5) is 47.0. The number of carboxylic acids is 1. The number of aliphatic carboxylic acids is 1. The van der Waals surface area contributed by atoms with E-state index in [1.807, 2.05) is 4.72 Å². The van der Waals surface area contributed by atoms with Crippen molar-refractivity contribution in [3.05, 3.63) is 63.6 Å². The van der Waals surface area contributed by atoms with Crippen LogP contribution in [0.4, 0.5) is 0 Å². The maximum Gasteiger partial charge on any atom is 0.341 e. The van der Waals surface area contributed by atoms with Gasteiger partial charge in [0.05, 0.1) is 33.0 Å². The lowest BCUT2D eigenvalue weighted by Crippen LogP contribution is -2.44. The molecule has 2 rings (SSSR count). The van der Waals surface area contributed by atoms with E-state index in [1.54, 1.807) is 6.07 Å². The standard InChI is InChI=1S/C21H19Cl2NO8S2/c1-12(25)33-11-13-4-2-5-14(8-13)34(30,31)24-17(9-19(27)28)18(26)10-32-21(29)20-15(22)6-3-7-16(20)23/h2-8,17,24H,9-11H2,1H3,(H,27,28)/t17-/m0/s1. The highest BCUT2D eigenvalue weighted by atomic mass is 35.5. The average Bonchev–Trinajstić information content (AvgIpc) is 2.75. The largest absolute Gasteiger partial charge is 0.481 e. The minimum absolute atomic E-state index is 0.0180. The summed E-state index contributed by atoms with van der Waals surface area (Å²) >= 11 is 12.8. The zero-order chi connectivity index (χ0) is 25.5. The van der Waals surface area contributed by atoms with Crippen molar-refractivity contribution >= 4 is 67.8 Å². The third-order valence-electron chi connectivity index (χ3n) is 4.23. The number of nitrogens with one attached hydrogen (secondary N) is 1. The number of ether oxygens (including phenoxy) is 1. The molecule has 13 heteroatoms. The molecule has 0 aromatic heterocycles. The van der Waals surface area contributed by atoms with Crippen molar-refractivity contribution in [2.45, 2.75) is 30.0 Å². The third-order valence-corrected chi connectivity index (χ3v) is 7.21. The minimum atomic E-state index is -4.33. The smallest absolute Gasteiger partial charge is 0.341 e. The highest BCUT2D eigenvalue weighted by Gasteiger charge is 2.29. The zero-order valence-electron chi connectivity index (χ0n) is 17.6. The zero-order valence-corrected chi connectivity index (χ0v) is 20.8. The van der Waals surface area contributed by atoms with Crippen LogP contribution in [0.15, 0.2) is 47.4 Å². The molecule has 182 valence electrons. The summed E-state index contributed by atoms with van der Waals surface area (Å²) in [5.74, 6) is -3.24. The van der Waals surface area contributed by atoms with E-state index in [1.165, 1.54) is 43.3 Å². The molecule has 0 aliphatic carbocycles. The van der Waals surface area contributed by atoms with Gasteiger partial charge in [0, 0.05) is 12.7 Å². The summed E-state index contributed by atoms with van der Waals surface area (Å²) in [6.45, 7) is 0.456. The lowest BCUT2D eigenvalue weighted by Gasteiger charge is -2.17. The molecular formula is C21H19Cl2NO8S2. The van der Waals surface area contributed by atoms with Gasteiger partial charge in [0.25, 0.3) is 0 Å². The number of ketones is 1. The summed E-state index contributed by atoms with van der Waals surface area (Å²) in [6, 6.07) is 8.19. The van der Waals surface area contributed by atoms with Gasteiger partial charge in [-0.05, 0) is 29.8 Å². The van der Waals surface area contributed by atoms with E-state index in [4.69, 9.17) is 33.0 Å². The molecule has 0 heterocycles. The fourth-order valence-corrected chi connectivity index (χ4v) is 5.03. The van der Waals surface area contributed by atoms with Gasteiger partial charge in [-0.1, -0.05) is 53.2 Å². The highest BCUT2D eigenvalue weighted by molar-refractivity contribution is 8.12. The van der Waals surface area contributed by atoms with Crippen molar-refractivity contribution in [1.29, 1.82) is 0 Å². The first-order valence-corrected chi connectivity index (χ1v) is 12.7. The number of halogens is 2. The van der Waals surface area contributed by atoms with Gasteiger partial charge in [-0.3, -0.25) is 14.4 Å². The Kier molecular flexibility index (Phi) is 10.1.